The number of hydrogen-bond acceptors (Lipinski definition) is 3. The quantitative estimate of drug-likeness (QED) is 0.842. The van der Waals surface area contributed by atoms with Crippen LogP contribution in [0.15, 0.2) is 43.0 Å². The highest BCUT2D eigenvalue weighted by molar-refractivity contribution is 6.32. The molecule has 0 radical (unpaired) electrons. The van der Waals surface area contributed by atoms with Crippen LogP contribution in [0.4, 0.5) is 0 Å². The third-order valence-corrected chi connectivity index (χ3v) is 2.32. The van der Waals surface area contributed by atoms with Crippen molar-refractivity contribution in [1.29, 1.82) is 0 Å². The number of amides is 1. The van der Waals surface area contributed by atoms with Crippen molar-refractivity contribution in [2.75, 3.05) is 5.43 Å². The van der Waals surface area contributed by atoms with Gasteiger partial charge in [-0.2, -0.15) is 0 Å². The van der Waals surface area contributed by atoms with Crippen molar-refractivity contribution in [3.05, 3.63) is 53.6 Å². The molecular formula is C11H9ClN4O. The first-order valence-electron chi connectivity index (χ1n) is 4.84. The maximum atomic E-state index is 11.5. The summed E-state index contributed by atoms with van der Waals surface area (Å²) in [4.78, 5) is 11.5. The molecule has 0 spiro atoms. The summed E-state index contributed by atoms with van der Waals surface area (Å²) in [6.45, 7) is 0. The minimum Gasteiger partial charge on any atom is -0.268 e. The fourth-order valence-electron chi connectivity index (χ4n) is 1.20. The Kier molecular flexibility index (Phi) is 3.52. The van der Waals surface area contributed by atoms with Crippen molar-refractivity contribution in [1.82, 2.24) is 14.9 Å². The van der Waals surface area contributed by atoms with E-state index in [0.29, 0.717) is 5.02 Å². The molecular weight excluding hydrogens is 240 g/mol. The van der Waals surface area contributed by atoms with Crippen LogP contribution in [0.5, 0.6) is 0 Å². The summed E-state index contributed by atoms with van der Waals surface area (Å²) in [5.41, 5.74) is 3.32. The molecule has 5 nitrogen and oxygen atoms in total. The van der Waals surface area contributed by atoms with Gasteiger partial charge in [0, 0.05) is 11.1 Å². The van der Waals surface area contributed by atoms with E-state index in [4.69, 9.17) is 11.6 Å². The van der Waals surface area contributed by atoms with E-state index >= 15 is 0 Å². The highest BCUT2D eigenvalue weighted by Crippen LogP contribution is 2.15. The summed E-state index contributed by atoms with van der Waals surface area (Å²) < 4.78 is 1.36. The lowest BCUT2D eigenvalue weighted by Crippen LogP contribution is -2.18. The zero-order valence-electron chi connectivity index (χ0n) is 8.75. The predicted octanol–water partition coefficient (Wildman–Crippen LogP) is 1.71. The molecule has 17 heavy (non-hydrogen) atoms. The molecule has 0 fully saturated rings. The van der Waals surface area contributed by atoms with Gasteiger partial charge in [0.15, 0.2) is 0 Å². The van der Waals surface area contributed by atoms with Crippen LogP contribution in [-0.2, 0) is 4.79 Å². The van der Waals surface area contributed by atoms with Crippen LogP contribution in [0.1, 0.15) is 5.56 Å². The third-order valence-electron chi connectivity index (χ3n) is 1.98. The molecule has 0 bridgehead atoms. The molecule has 2 rings (SSSR count). The van der Waals surface area contributed by atoms with Crippen LogP contribution >= 0.6 is 11.6 Å². The standard InChI is InChI=1S/C11H9ClN4O/c12-10-4-2-1-3-9(10)5-6-11(17)15-16-7-13-14-8-16/h1-8H,(H,15,17)/b6-5+. The molecule has 0 aliphatic heterocycles. The average Bonchev–Trinajstić information content (AvgIpc) is 2.81. The summed E-state index contributed by atoms with van der Waals surface area (Å²) in [6, 6.07) is 7.27. The van der Waals surface area contributed by atoms with E-state index in [2.05, 4.69) is 15.6 Å². The molecule has 2 aromatic rings. The van der Waals surface area contributed by atoms with E-state index in [1.54, 1.807) is 12.1 Å². The van der Waals surface area contributed by atoms with Gasteiger partial charge in [0.05, 0.1) is 0 Å². The van der Waals surface area contributed by atoms with Crippen molar-refractivity contribution in [3.8, 4) is 0 Å². The largest absolute Gasteiger partial charge is 0.268 e. The summed E-state index contributed by atoms with van der Waals surface area (Å²) in [5, 5.41) is 7.72. The highest BCUT2D eigenvalue weighted by atomic mass is 35.5. The molecule has 0 saturated heterocycles. The summed E-state index contributed by atoms with van der Waals surface area (Å²) in [7, 11) is 0. The lowest BCUT2D eigenvalue weighted by atomic mass is 10.2. The van der Waals surface area contributed by atoms with E-state index in [9.17, 15) is 4.79 Å². The number of nitrogens with one attached hydrogen (secondary N) is 1. The van der Waals surface area contributed by atoms with Crippen molar-refractivity contribution in [3.63, 3.8) is 0 Å². The van der Waals surface area contributed by atoms with Gasteiger partial charge in [0.1, 0.15) is 12.7 Å². The fourth-order valence-corrected chi connectivity index (χ4v) is 1.40. The Bertz CT molecular complexity index is 536. The lowest BCUT2D eigenvalue weighted by Gasteiger charge is -2.00. The minimum absolute atomic E-state index is 0.287. The normalized spacial score (nSPS) is 10.6. The monoisotopic (exact) mass is 248 g/mol. The third kappa shape index (κ3) is 3.15. The number of hydrogen-bond donors (Lipinski definition) is 1. The van der Waals surface area contributed by atoms with E-state index in [1.807, 2.05) is 18.2 Å². The summed E-state index contributed by atoms with van der Waals surface area (Å²) in [5.74, 6) is -0.287. The van der Waals surface area contributed by atoms with Crippen LogP contribution in [0, 0.1) is 0 Å². The van der Waals surface area contributed by atoms with E-state index in [-0.39, 0.29) is 5.91 Å². The van der Waals surface area contributed by atoms with Crippen LogP contribution in [-0.4, -0.2) is 20.8 Å². The Balaban J connectivity index is 2.01. The van der Waals surface area contributed by atoms with E-state index in [1.165, 1.54) is 23.4 Å². The molecule has 86 valence electrons. The molecule has 0 aliphatic rings. The van der Waals surface area contributed by atoms with Gasteiger partial charge in [-0.1, -0.05) is 29.8 Å². The highest BCUT2D eigenvalue weighted by Gasteiger charge is 1.98. The molecule has 0 atom stereocenters. The van der Waals surface area contributed by atoms with Gasteiger partial charge in [0.2, 0.25) is 0 Å². The number of benzene rings is 1. The second-order valence-electron chi connectivity index (χ2n) is 3.20. The number of halogens is 1. The second kappa shape index (κ2) is 5.27. The number of nitrogens with zero attached hydrogens (tertiary/aromatic N) is 3. The van der Waals surface area contributed by atoms with Gasteiger partial charge < -0.3 is 0 Å². The summed E-state index contributed by atoms with van der Waals surface area (Å²) in [6.07, 6.45) is 5.81. The predicted molar refractivity (Wildman–Crippen MR) is 64.9 cm³/mol. The lowest BCUT2D eigenvalue weighted by molar-refractivity contribution is -0.112. The van der Waals surface area contributed by atoms with Crippen LogP contribution in [0.25, 0.3) is 6.08 Å². The maximum absolute atomic E-state index is 11.5. The SMILES string of the molecule is O=C(/C=C/c1ccccc1Cl)Nn1cnnc1. The molecule has 1 amide bonds. The van der Waals surface area contributed by atoms with Gasteiger partial charge >= 0.3 is 0 Å². The van der Waals surface area contributed by atoms with Crippen LogP contribution < -0.4 is 5.43 Å². The van der Waals surface area contributed by atoms with Gasteiger partial charge in [0.25, 0.3) is 5.91 Å². The molecule has 1 aromatic heterocycles. The first-order valence-corrected chi connectivity index (χ1v) is 5.22. The van der Waals surface area contributed by atoms with Gasteiger partial charge in [-0.15, -0.1) is 10.2 Å². The van der Waals surface area contributed by atoms with Crippen molar-refractivity contribution < 1.29 is 4.79 Å². The van der Waals surface area contributed by atoms with Gasteiger partial charge in [-0.05, 0) is 17.7 Å². The molecule has 0 saturated carbocycles. The molecule has 6 heteroatoms. The minimum atomic E-state index is -0.287. The molecule has 0 aliphatic carbocycles. The molecule has 0 unspecified atom stereocenters. The Morgan fingerprint density at radius 2 is 2.00 bits per heavy atom. The Morgan fingerprint density at radius 3 is 2.71 bits per heavy atom. The zero-order valence-corrected chi connectivity index (χ0v) is 9.50. The number of rotatable bonds is 3. The topological polar surface area (TPSA) is 59.8 Å². The van der Waals surface area contributed by atoms with Gasteiger partial charge in [-0.3, -0.25) is 10.2 Å². The Hall–Kier alpha value is -2.14. The number of aromatic nitrogens is 3. The zero-order chi connectivity index (χ0) is 12.1. The summed E-state index contributed by atoms with van der Waals surface area (Å²) >= 11 is 5.94. The Labute approximate surface area is 103 Å². The van der Waals surface area contributed by atoms with Crippen molar-refractivity contribution in [2.24, 2.45) is 0 Å². The first-order chi connectivity index (χ1) is 8.25. The average molecular weight is 249 g/mol. The number of carbonyl (C=O) groups excluding carboxylic acids is 1. The second-order valence-corrected chi connectivity index (χ2v) is 3.61. The smallest absolute Gasteiger partial charge is 0.262 e. The molecule has 1 aromatic carbocycles. The van der Waals surface area contributed by atoms with Crippen LogP contribution in [0.3, 0.4) is 0 Å². The van der Waals surface area contributed by atoms with Crippen molar-refractivity contribution >= 4 is 23.6 Å². The van der Waals surface area contributed by atoms with Crippen LogP contribution in [0.2, 0.25) is 5.02 Å². The van der Waals surface area contributed by atoms with Crippen molar-refractivity contribution in [2.45, 2.75) is 0 Å². The maximum Gasteiger partial charge on any atom is 0.262 e. The van der Waals surface area contributed by atoms with E-state index < -0.39 is 0 Å². The molecule has 1 heterocycles. The van der Waals surface area contributed by atoms with E-state index in [0.717, 1.165) is 5.56 Å². The number of carbonyl (C=O) groups is 1. The molecule has 1 N–H and O–H groups in total. The fraction of sp³-hybridized carbons (Fsp3) is 0. The van der Waals surface area contributed by atoms with Gasteiger partial charge in [-0.25, -0.2) is 4.68 Å². The Morgan fingerprint density at radius 1 is 1.29 bits per heavy atom. The first kappa shape index (κ1) is 11.3.